The predicted octanol–water partition coefficient (Wildman–Crippen LogP) is 1.65. The normalized spacial score (nSPS) is 13.4. The molecular formula is C16H15N7O2S. The maximum atomic E-state index is 12.2. The van der Waals surface area contributed by atoms with Crippen LogP contribution in [0.15, 0.2) is 36.0 Å². The number of anilines is 2. The second-order valence-corrected chi connectivity index (χ2v) is 6.79. The van der Waals surface area contributed by atoms with Crippen LogP contribution in [0.1, 0.15) is 18.5 Å². The summed E-state index contributed by atoms with van der Waals surface area (Å²) in [7, 11) is 0. The van der Waals surface area contributed by atoms with Crippen molar-refractivity contribution in [2.24, 2.45) is 5.92 Å². The van der Waals surface area contributed by atoms with Crippen LogP contribution in [0.3, 0.4) is 0 Å². The van der Waals surface area contributed by atoms with Crippen LogP contribution in [-0.2, 0) is 16.0 Å². The minimum Gasteiger partial charge on any atom is -0.326 e. The molecule has 1 aliphatic carbocycles. The summed E-state index contributed by atoms with van der Waals surface area (Å²) >= 11 is 1.33. The molecule has 132 valence electrons. The lowest BCUT2D eigenvalue weighted by Crippen LogP contribution is -2.15. The van der Waals surface area contributed by atoms with Gasteiger partial charge in [-0.25, -0.2) is 9.67 Å². The molecule has 0 atom stereocenters. The second-order valence-electron chi connectivity index (χ2n) is 5.93. The molecule has 9 nitrogen and oxygen atoms in total. The van der Waals surface area contributed by atoms with Gasteiger partial charge in [0.2, 0.25) is 11.8 Å². The number of carbonyl (C=O) groups is 2. The Kier molecular flexibility index (Phi) is 4.40. The van der Waals surface area contributed by atoms with E-state index < -0.39 is 0 Å². The van der Waals surface area contributed by atoms with Crippen LogP contribution in [0.4, 0.5) is 10.8 Å². The Morgan fingerprint density at radius 2 is 2.00 bits per heavy atom. The van der Waals surface area contributed by atoms with Crippen LogP contribution < -0.4 is 10.6 Å². The predicted molar refractivity (Wildman–Crippen MR) is 95.0 cm³/mol. The van der Waals surface area contributed by atoms with E-state index in [1.165, 1.54) is 22.3 Å². The van der Waals surface area contributed by atoms with Crippen molar-refractivity contribution in [1.29, 1.82) is 0 Å². The van der Waals surface area contributed by atoms with Gasteiger partial charge in [-0.15, -0.1) is 16.4 Å². The summed E-state index contributed by atoms with van der Waals surface area (Å²) < 4.78 is 1.53. The molecule has 1 aliphatic rings. The molecule has 3 aromatic rings. The molecule has 10 heteroatoms. The molecule has 0 bridgehead atoms. The fourth-order valence-electron chi connectivity index (χ4n) is 2.35. The Morgan fingerprint density at radius 1 is 1.19 bits per heavy atom. The Morgan fingerprint density at radius 3 is 2.69 bits per heavy atom. The molecule has 1 fully saturated rings. The number of benzene rings is 1. The third-order valence-electron chi connectivity index (χ3n) is 3.84. The lowest BCUT2D eigenvalue weighted by Gasteiger charge is -2.05. The zero-order chi connectivity index (χ0) is 17.9. The first-order chi connectivity index (χ1) is 12.7. The molecule has 0 radical (unpaired) electrons. The van der Waals surface area contributed by atoms with Gasteiger partial charge < -0.3 is 10.6 Å². The first-order valence-electron chi connectivity index (χ1n) is 8.06. The molecule has 0 aliphatic heterocycles. The lowest BCUT2D eigenvalue weighted by atomic mass is 10.2. The van der Waals surface area contributed by atoms with Crippen LogP contribution in [-0.4, -0.2) is 37.0 Å². The summed E-state index contributed by atoms with van der Waals surface area (Å²) in [6, 6.07) is 7.16. The third-order valence-corrected chi connectivity index (χ3v) is 4.64. The summed E-state index contributed by atoms with van der Waals surface area (Å²) in [5.74, 6) is -0.0366. The Labute approximate surface area is 152 Å². The van der Waals surface area contributed by atoms with Gasteiger partial charge in [0.1, 0.15) is 6.33 Å². The molecule has 26 heavy (non-hydrogen) atoms. The van der Waals surface area contributed by atoms with Crippen LogP contribution >= 0.6 is 11.3 Å². The van der Waals surface area contributed by atoms with Crippen molar-refractivity contribution in [3.63, 3.8) is 0 Å². The highest BCUT2D eigenvalue weighted by Gasteiger charge is 2.30. The van der Waals surface area contributed by atoms with Crippen molar-refractivity contribution >= 4 is 34.0 Å². The minimum atomic E-state index is -0.175. The van der Waals surface area contributed by atoms with Crippen molar-refractivity contribution < 1.29 is 9.59 Å². The summed E-state index contributed by atoms with van der Waals surface area (Å²) in [5, 5.41) is 18.9. The average Bonchev–Trinajstić information content (AvgIpc) is 3.17. The van der Waals surface area contributed by atoms with Gasteiger partial charge in [0.05, 0.1) is 17.8 Å². The Balaban J connectivity index is 1.32. The number of nitrogens with zero attached hydrogens (tertiary/aromatic N) is 5. The van der Waals surface area contributed by atoms with Gasteiger partial charge in [0.15, 0.2) is 5.13 Å². The van der Waals surface area contributed by atoms with Crippen molar-refractivity contribution in [3.05, 3.63) is 41.7 Å². The van der Waals surface area contributed by atoms with E-state index in [0.29, 0.717) is 16.5 Å². The van der Waals surface area contributed by atoms with E-state index in [9.17, 15) is 9.59 Å². The van der Waals surface area contributed by atoms with E-state index in [0.717, 1.165) is 18.5 Å². The summed E-state index contributed by atoms with van der Waals surface area (Å²) in [6.07, 6.45) is 3.53. The third kappa shape index (κ3) is 3.91. The number of hydrogen-bond donors (Lipinski definition) is 2. The highest BCUT2D eigenvalue weighted by atomic mass is 32.1. The van der Waals surface area contributed by atoms with Crippen molar-refractivity contribution in [3.8, 4) is 5.69 Å². The molecule has 2 amide bonds. The van der Waals surface area contributed by atoms with E-state index in [-0.39, 0.29) is 24.2 Å². The highest BCUT2D eigenvalue weighted by molar-refractivity contribution is 7.13. The van der Waals surface area contributed by atoms with Gasteiger partial charge >= 0.3 is 0 Å². The second kappa shape index (κ2) is 7.00. The Bertz CT molecular complexity index is 916. The highest BCUT2D eigenvalue weighted by Crippen LogP contribution is 2.30. The molecule has 2 heterocycles. The number of aromatic nitrogens is 5. The molecule has 0 spiro atoms. The van der Waals surface area contributed by atoms with E-state index in [2.05, 4.69) is 31.1 Å². The number of carbonyl (C=O) groups excluding carboxylic acids is 2. The number of rotatable bonds is 6. The van der Waals surface area contributed by atoms with Crippen LogP contribution in [0.5, 0.6) is 0 Å². The van der Waals surface area contributed by atoms with Crippen molar-refractivity contribution in [1.82, 2.24) is 25.2 Å². The maximum absolute atomic E-state index is 12.2. The number of nitrogens with one attached hydrogen (secondary N) is 2. The molecule has 1 aromatic carbocycles. The van der Waals surface area contributed by atoms with E-state index in [4.69, 9.17) is 0 Å². The summed E-state index contributed by atoms with van der Waals surface area (Å²) in [6.45, 7) is 0. The average molecular weight is 369 g/mol. The summed E-state index contributed by atoms with van der Waals surface area (Å²) in [4.78, 5) is 28.2. The van der Waals surface area contributed by atoms with E-state index >= 15 is 0 Å². The zero-order valence-corrected chi connectivity index (χ0v) is 14.4. The first kappa shape index (κ1) is 16.3. The maximum Gasteiger partial charge on any atom is 0.230 e. The number of thiazole rings is 1. The molecule has 4 rings (SSSR count). The molecule has 0 saturated heterocycles. The van der Waals surface area contributed by atoms with Gasteiger partial charge in [-0.05, 0) is 47.5 Å². The quantitative estimate of drug-likeness (QED) is 0.683. The first-order valence-corrected chi connectivity index (χ1v) is 8.94. The monoisotopic (exact) mass is 369 g/mol. The topological polar surface area (TPSA) is 115 Å². The fraction of sp³-hybridized carbons (Fsp3) is 0.250. The smallest absolute Gasteiger partial charge is 0.230 e. The minimum absolute atomic E-state index is 0.0121. The SMILES string of the molecule is O=C(Cc1csc(NC(=O)C2CC2)n1)Nc1ccc(-n2cnnn2)cc1. The van der Waals surface area contributed by atoms with Gasteiger partial charge in [0.25, 0.3) is 0 Å². The Hall–Kier alpha value is -3.14. The van der Waals surface area contributed by atoms with Crippen LogP contribution in [0.2, 0.25) is 0 Å². The van der Waals surface area contributed by atoms with Gasteiger partial charge in [-0.1, -0.05) is 0 Å². The number of amides is 2. The molecule has 2 N–H and O–H groups in total. The van der Waals surface area contributed by atoms with Gasteiger partial charge in [-0.2, -0.15) is 0 Å². The van der Waals surface area contributed by atoms with Gasteiger partial charge in [0, 0.05) is 17.0 Å². The molecule has 0 unspecified atom stereocenters. The summed E-state index contributed by atoms with van der Waals surface area (Å²) in [5.41, 5.74) is 2.09. The van der Waals surface area contributed by atoms with E-state index in [1.807, 2.05) is 0 Å². The zero-order valence-electron chi connectivity index (χ0n) is 13.6. The van der Waals surface area contributed by atoms with Crippen molar-refractivity contribution in [2.75, 3.05) is 10.6 Å². The number of hydrogen-bond acceptors (Lipinski definition) is 7. The molecule has 2 aromatic heterocycles. The van der Waals surface area contributed by atoms with Crippen molar-refractivity contribution in [2.45, 2.75) is 19.3 Å². The standard InChI is InChI=1S/C16H15N7O2S/c24-14(7-12-8-26-16(19-12)20-15(25)10-1-2-10)18-11-3-5-13(6-4-11)23-9-17-21-22-23/h3-6,8-10H,1-2,7H2,(H,18,24)(H,19,20,25). The van der Waals surface area contributed by atoms with Crippen LogP contribution in [0.25, 0.3) is 5.69 Å². The van der Waals surface area contributed by atoms with Gasteiger partial charge in [-0.3, -0.25) is 9.59 Å². The van der Waals surface area contributed by atoms with Crippen LogP contribution in [0, 0.1) is 5.92 Å². The molecular weight excluding hydrogens is 354 g/mol. The van der Waals surface area contributed by atoms with E-state index in [1.54, 1.807) is 29.6 Å². The largest absolute Gasteiger partial charge is 0.326 e. The fourth-order valence-corrected chi connectivity index (χ4v) is 3.06. The lowest BCUT2D eigenvalue weighted by molar-refractivity contribution is -0.117. The number of tetrazole rings is 1. The molecule has 1 saturated carbocycles.